The summed E-state index contributed by atoms with van der Waals surface area (Å²) < 4.78 is 0. The highest BCUT2D eigenvalue weighted by atomic mass is 16.3. The Hall–Kier alpha value is -1.10. The van der Waals surface area contributed by atoms with Crippen molar-refractivity contribution < 1.29 is 15.3 Å². The summed E-state index contributed by atoms with van der Waals surface area (Å²) in [6.45, 7) is 1.77. The van der Waals surface area contributed by atoms with Gasteiger partial charge >= 0.3 is 0 Å². The van der Waals surface area contributed by atoms with Crippen molar-refractivity contribution in [1.82, 2.24) is 0 Å². The van der Waals surface area contributed by atoms with Gasteiger partial charge in [-0.2, -0.15) is 0 Å². The van der Waals surface area contributed by atoms with E-state index in [2.05, 4.69) is 0 Å². The second kappa shape index (κ2) is 5.30. The number of hydrogen-bond acceptors (Lipinski definition) is 4. The van der Waals surface area contributed by atoms with E-state index in [1.165, 1.54) is 0 Å². The van der Waals surface area contributed by atoms with E-state index in [1.54, 1.807) is 31.2 Å². The van der Waals surface area contributed by atoms with Crippen molar-refractivity contribution in [3.63, 3.8) is 0 Å². The molecular formula is C12H19NO3. The predicted octanol–water partition coefficient (Wildman–Crippen LogP) is 0.395. The van der Waals surface area contributed by atoms with Gasteiger partial charge in [-0.05, 0) is 18.1 Å². The Balaban J connectivity index is 2.89. The van der Waals surface area contributed by atoms with Crippen LogP contribution in [0.3, 0.4) is 0 Å². The van der Waals surface area contributed by atoms with Gasteiger partial charge in [-0.1, -0.05) is 25.1 Å². The molecule has 0 aliphatic rings. The first-order valence-corrected chi connectivity index (χ1v) is 5.41. The van der Waals surface area contributed by atoms with Gasteiger partial charge in [0.05, 0.1) is 11.7 Å². The molecule has 0 spiro atoms. The largest absolute Gasteiger partial charge is 0.508 e. The molecule has 0 amide bonds. The van der Waals surface area contributed by atoms with Crippen LogP contribution < -0.4 is 5.73 Å². The third kappa shape index (κ3) is 2.72. The number of phenols is 1. The van der Waals surface area contributed by atoms with E-state index < -0.39 is 11.7 Å². The lowest BCUT2D eigenvalue weighted by atomic mass is 9.86. The number of nitrogens with two attached hydrogens (primary N) is 1. The molecule has 1 rings (SSSR count). The molecule has 0 bridgehead atoms. The zero-order valence-corrected chi connectivity index (χ0v) is 9.43. The molecular weight excluding hydrogens is 206 g/mol. The summed E-state index contributed by atoms with van der Waals surface area (Å²) in [4.78, 5) is 0. The Labute approximate surface area is 95.3 Å². The van der Waals surface area contributed by atoms with Crippen LogP contribution in [0.2, 0.25) is 0 Å². The molecule has 0 saturated carbocycles. The molecule has 0 radical (unpaired) electrons. The summed E-state index contributed by atoms with van der Waals surface area (Å²) in [6, 6.07) is 6.77. The summed E-state index contributed by atoms with van der Waals surface area (Å²) >= 11 is 0. The first-order chi connectivity index (χ1) is 7.53. The van der Waals surface area contributed by atoms with Gasteiger partial charge in [0.15, 0.2) is 0 Å². The van der Waals surface area contributed by atoms with E-state index in [0.717, 1.165) is 0 Å². The number of rotatable bonds is 5. The van der Waals surface area contributed by atoms with E-state index in [9.17, 15) is 15.3 Å². The fraction of sp³-hybridized carbons (Fsp3) is 0.500. The van der Waals surface area contributed by atoms with Gasteiger partial charge in [0, 0.05) is 13.0 Å². The van der Waals surface area contributed by atoms with Crippen molar-refractivity contribution in [3.05, 3.63) is 29.8 Å². The van der Waals surface area contributed by atoms with Crippen molar-refractivity contribution in [1.29, 1.82) is 0 Å². The van der Waals surface area contributed by atoms with Gasteiger partial charge in [0.25, 0.3) is 0 Å². The molecule has 0 aromatic heterocycles. The van der Waals surface area contributed by atoms with Crippen LogP contribution in [0.25, 0.3) is 0 Å². The van der Waals surface area contributed by atoms with Gasteiger partial charge in [-0.25, -0.2) is 0 Å². The number of hydrogen-bond donors (Lipinski definition) is 4. The van der Waals surface area contributed by atoms with Crippen LogP contribution in [0.1, 0.15) is 18.9 Å². The molecule has 1 aromatic rings. The number of benzene rings is 1. The molecule has 0 aliphatic carbocycles. The molecule has 0 aliphatic heterocycles. The summed E-state index contributed by atoms with van der Waals surface area (Å²) in [7, 11) is 0. The lowest BCUT2D eigenvalue weighted by Crippen LogP contribution is -2.47. The van der Waals surface area contributed by atoms with E-state index in [0.29, 0.717) is 12.0 Å². The molecule has 4 nitrogen and oxygen atoms in total. The van der Waals surface area contributed by atoms with Crippen molar-refractivity contribution in [2.45, 2.75) is 31.5 Å². The second-order valence-electron chi connectivity index (χ2n) is 4.01. The number of aliphatic hydroxyl groups excluding tert-OH is 1. The van der Waals surface area contributed by atoms with Crippen LogP contribution in [0.15, 0.2) is 24.3 Å². The van der Waals surface area contributed by atoms with Crippen LogP contribution >= 0.6 is 0 Å². The monoisotopic (exact) mass is 225 g/mol. The van der Waals surface area contributed by atoms with Crippen LogP contribution in [-0.4, -0.2) is 33.6 Å². The molecule has 1 aromatic carbocycles. The minimum atomic E-state index is -1.28. The van der Waals surface area contributed by atoms with Gasteiger partial charge < -0.3 is 21.1 Å². The van der Waals surface area contributed by atoms with E-state index >= 15 is 0 Å². The third-order valence-corrected chi connectivity index (χ3v) is 2.94. The molecule has 0 saturated heterocycles. The average Bonchev–Trinajstić information content (AvgIpc) is 2.31. The number of aromatic hydroxyl groups is 1. The SMILES string of the molecule is CCC(O)(Cc1ccccc1O)C(O)CN. The summed E-state index contributed by atoms with van der Waals surface area (Å²) in [5.74, 6) is 0.124. The second-order valence-corrected chi connectivity index (χ2v) is 4.01. The summed E-state index contributed by atoms with van der Waals surface area (Å²) in [5, 5.41) is 29.5. The van der Waals surface area contributed by atoms with Crippen LogP contribution in [-0.2, 0) is 6.42 Å². The molecule has 4 heteroatoms. The summed E-state index contributed by atoms with van der Waals surface area (Å²) in [6.07, 6.45) is -0.425. The fourth-order valence-electron chi connectivity index (χ4n) is 1.69. The molecule has 16 heavy (non-hydrogen) atoms. The first kappa shape index (κ1) is 13.0. The Bertz CT molecular complexity index is 343. The van der Waals surface area contributed by atoms with E-state index in [4.69, 9.17) is 5.73 Å². The Morgan fingerprint density at radius 1 is 1.38 bits per heavy atom. The third-order valence-electron chi connectivity index (χ3n) is 2.94. The van der Waals surface area contributed by atoms with Gasteiger partial charge in [0.1, 0.15) is 5.75 Å². The van der Waals surface area contributed by atoms with Gasteiger partial charge in [-0.3, -0.25) is 0 Å². The van der Waals surface area contributed by atoms with Crippen LogP contribution in [0.5, 0.6) is 5.75 Å². The van der Waals surface area contributed by atoms with Crippen molar-refractivity contribution >= 4 is 0 Å². The number of para-hydroxylation sites is 1. The first-order valence-electron chi connectivity index (χ1n) is 5.41. The minimum absolute atomic E-state index is 0.00205. The topological polar surface area (TPSA) is 86.7 Å². The maximum Gasteiger partial charge on any atom is 0.118 e. The predicted molar refractivity (Wildman–Crippen MR) is 62.1 cm³/mol. The fourth-order valence-corrected chi connectivity index (χ4v) is 1.69. The zero-order valence-electron chi connectivity index (χ0n) is 9.43. The smallest absolute Gasteiger partial charge is 0.118 e. The Morgan fingerprint density at radius 2 is 2.00 bits per heavy atom. The summed E-state index contributed by atoms with van der Waals surface area (Å²) in [5.41, 5.74) is 4.68. The zero-order chi connectivity index (χ0) is 12.2. The lowest BCUT2D eigenvalue weighted by Gasteiger charge is -2.31. The maximum absolute atomic E-state index is 10.2. The number of phenolic OH excluding ortho intramolecular Hbond substituents is 1. The average molecular weight is 225 g/mol. The minimum Gasteiger partial charge on any atom is -0.508 e. The highest BCUT2D eigenvalue weighted by Gasteiger charge is 2.33. The Kier molecular flexibility index (Phi) is 4.29. The van der Waals surface area contributed by atoms with Crippen molar-refractivity contribution in [2.24, 2.45) is 5.73 Å². The molecule has 2 atom stereocenters. The standard InChI is InChI=1S/C12H19NO3/c1-2-12(16,11(15)8-13)7-9-5-3-4-6-10(9)14/h3-6,11,14-16H,2,7-8,13H2,1H3. The van der Waals surface area contributed by atoms with Gasteiger partial charge in [-0.15, -0.1) is 0 Å². The molecule has 0 fully saturated rings. The van der Waals surface area contributed by atoms with Crippen molar-refractivity contribution in [3.8, 4) is 5.75 Å². The van der Waals surface area contributed by atoms with Gasteiger partial charge in [0.2, 0.25) is 0 Å². The highest BCUT2D eigenvalue weighted by molar-refractivity contribution is 5.33. The Morgan fingerprint density at radius 3 is 2.50 bits per heavy atom. The highest BCUT2D eigenvalue weighted by Crippen LogP contribution is 2.26. The maximum atomic E-state index is 10.2. The molecule has 90 valence electrons. The molecule has 2 unspecified atom stereocenters. The van der Waals surface area contributed by atoms with E-state index in [-0.39, 0.29) is 18.7 Å². The van der Waals surface area contributed by atoms with Crippen LogP contribution in [0, 0.1) is 0 Å². The van der Waals surface area contributed by atoms with E-state index in [1.807, 2.05) is 0 Å². The quantitative estimate of drug-likeness (QED) is 0.584. The normalized spacial score (nSPS) is 16.8. The molecule has 5 N–H and O–H groups in total. The lowest BCUT2D eigenvalue weighted by molar-refractivity contribution is -0.0723. The molecule has 0 heterocycles. The van der Waals surface area contributed by atoms with Crippen molar-refractivity contribution in [2.75, 3.05) is 6.54 Å². The van der Waals surface area contributed by atoms with Crippen LogP contribution in [0.4, 0.5) is 0 Å². The number of aliphatic hydroxyl groups is 2.